The number of ether oxygens (including phenoxy) is 1. The number of benzene rings is 2. The molecule has 0 unspecified atom stereocenters. The van der Waals surface area contributed by atoms with Crippen molar-refractivity contribution in [1.29, 1.82) is 0 Å². The second kappa shape index (κ2) is 8.12. The fourth-order valence-electron chi connectivity index (χ4n) is 3.90. The number of hydrogen-bond donors (Lipinski definition) is 2. The minimum atomic E-state index is -1.00. The molecule has 0 saturated heterocycles. The Hall–Kier alpha value is -2.70. The molecule has 2 atom stereocenters. The van der Waals surface area contributed by atoms with Gasteiger partial charge in [0.25, 0.3) is 0 Å². The van der Waals surface area contributed by atoms with Crippen LogP contribution < -0.4 is 0 Å². The SMILES string of the molecule is O=C(O)c1cccc2cn(C[C@H](OC3CCCC3)[C@@H](O)c3ccccc3)nc12. The number of nitrogens with zero attached hydrogens (tertiary/aromatic N) is 2. The van der Waals surface area contributed by atoms with Crippen molar-refractivity contribution >= 4 is 16.9 Å². The molecule has 1 fully saturated rings. The number of aliphatic hydroxyl groups excluding tert-OH is 1. The number of aliphatic hydroxyl groups is 1. The van der Waals surface area contributed by atoms with Gasteiger partial charge in [-0.1, -0.05) is 55.3 Å². The Morgan fingerprint density at radius 1 is 1.14 bits per heavy atom. The van der Waals surface area contributed by atoms with Gasteiger partial charge >= 0.3 is 5.97 Å². The van der Waals surface area contributed by atoms with E-state index >= 15 is 0 Å². The number of carbonyl (C=O) groups is 1. The fourth-order valence-corrected chi connectivity index (χ4v) is 3.90. The zero-order valence-corrected chi connectivity index (χ0v) is 15.6. The largest absolute Gasteiger partial charge is 0.478 e. The van der Waals surface area contributed by atoms with Crippen molar-refractivity contribution in [2.75, 3.05) is 0 Å². The van der Waals surface area contributed by atoms with E-state index in [1.54, 1.807) is 16.8 Å². The van der Waals surface area contributed by atoms with Gasteiger partial charge in [0, 0.05) is 11.6 Å². The molecular weight excluding hydrogens is 356 g/mol. The second-order valence-corrected chi connectivity index (χ2v) is 7.34. The summed E-state index contributed by atoms with van der Waals surface area (Å²) < 4.78 is 7.96. The smallest absolute Gasteiger partial charge is 0.337 e. The summed E-state index contributed by atoms with van der Waals surface area (Å²) in [5, 5.41) is 25.6. The third-order valence-electron chi connectivity index (χ3n) is 5.34. The molecule has 0 radical (unpaired) electrons. The molecule has 2 N–H and O–H groups in total. The summed E-state index contributed by atoms with van der Waals surface area (Å²) in [6.07, 6.45) is 5.00. The minimum absolute atomic E-state index is 0.142. The Balaban J connectivity index is 1.62. The van der Waals surface area contributed by atoms with Crippen molar-refractivity contribution in [3.8, 4) is 0 Å². The van der Waals surface area contributed by atoms with Gasteiger partial charge in [-0.15, -0.1) is 0 Å². The van der Waals surface area contributed by atoms with Gasteiger partial charge < -0.3 is 14.9 Å². The summed E-state index contributed by atoms with van der Waals surface area (Å²) in [5.74, 6) is -1.00. The van der Waals surface area contributed by atoms with Crippen molar-refractivity contribution in [3.63, 3.8) is 0 Å². The highest BCUT2D eigenvalue weighted by molar-refractivity contribution is 6.01. The summed E-state index contributed by atoms with van der Waals surface area (Å²) in [6.45, 7) is 0.348. The topological polar surface area (TPSA) is 84.6 Å². The van der Waals surface area contributed by atoms with Crippen LogP contribution in [0.5, 0.6) is 0 Å². The van der Waals surface area contributed by atoms with E-state index in [1.165, 1.54) is 0 Å². The lowest BCUT2D eigenvalue weighted by Gasteiger charge is -2.27. The molecule has 146 valence electrons. The van der Waals surface area contributed by atoms with Crippen molar-refractivity contribution in [2.45, 2.75) is 50.5 Å². The van der Waals surface area contributed by atoms with E-state index in [4.69, 9.17) is 4.74 Å². The van der Waals surface area contributed by atoms with Crippen LogP contribution in [0.3, 0.4) is 0 Å². The molecule has 1 aromatic heterocycles. The van der Waals surface area contributed by atoms with Gasteiger partial charge in [0.2, 0.25) is 0 Å². The number of rotatable bonds is 7. The number of aromatic nitrogens is 2. The number of carboxylic acids is 1. The first-order valence-corrected chi connectivity index (χ1v) is 9.70. The molecule has 4 rings (SSSR count). The third-order valence-corrected chi connectivity index (χ3v) is 5.34. The van der Waals surface area contributed by atoms with Gasteiger partial charge in [0.05, 0.1) is 18.2 Å². The summed E-state index contributed by atoms with van der Waals surface area (Å²) in [5.41, 5.74) is 1.42. The van der Waals surface area contributed by atoms with E-state index in [0.717, 1.165) is 36.6 Å². The van der Waals surface area contributed by atoms with Gasteiger partial charge in [0.15, 0.2) is 0 Å². The summed E-state index contributed by atoms with van der Waals surface area (Å²) in [6, 6.07) is 14.6. The lowest BCUT2D eigenvalue weighted by Crippen LogP contribution is -2.31. The van der Waals surface area contributed by atoms with Crippen LogP contribution >= 0.6 is 0 Å². The van der Waals surface area contributed by atoms with Gasteiger partial charge in [-0.05, 0) is 24.5 Å². The summed E-state index contributed by atoms with van der Waals surface area (Å²) in [7, 11) is 0. The van der Waals surface area contributed by atoms with E-state index in [1.807, 2.05) is 42.6 Å². The van der Waals surface area contributed by atoms with Crippen LogP contribution in [0, 0.1) is 0 Å². The predicted molar refractivity (Wildman–Crippen MR) is 105 cm³/mol. The molecule has 3 aromatic rings. The first-order valence-electron chi connectivity index (χ1n) is 9.70. The molecule has 1 aliphatic carbocycles. The molecule has 2 aromatic carbocycles. The summed E-state index contributed by atoms with van der Waals surface area (Å²) in [4.78, 5) is 11.5. The van der Waals surface area contributed by atoms with Gasteiger partial charge in [-0.2, -0.15) is 5.10 Å². The van der Waals surface area contributed by atoms with E-state index in [-0.39, 0.29) is 11.7 Å². The third kappa shape index (κ3) is 3.93. The van der Waals surface area contributed by atoms with Crippen LogP contribution in [0.1, 0.15) is 47.7 Å². The van der Waals surface area contributed by atoms with Crippen molar-refractivity contribution in [2.24, 2.45) is 0 Å². The van der Waals surface area contributed by atoms with E-state index in [9.17, 15) is 15.0 Å². The van der Waals surface area contributed by atoms with Crippen molar-refractivity contribution < 1.29 is 19.7 Å². The summed E-state index contributed by atoms with van der Waals surface area (Å²) >= 11 is 0. The Morgan fingerprint density at radius 2 is 1.89 bits per heavy atom. The zero-order chi connectivity index (χ0) is 19.5. The zero-order valence-electron chi connectivity index (χ0n) is 15.6. The molecule has 0 bridgehead atoms. The van der Waals surface area contributed by atoms with Crippen LogP contribution in [-0.4, -0.2) is 38.2 Å². The van der Waals surface area contributed by atoms with Crippen LogP contribution in [0.4, 0.5) is 0 Å². The lowest BCUT2D eigenvalue weighted by atomic mass is 10.0. The highest BCUT2D eigenvalue weighted by Crippen LogP contribution is 2.28. The van der Waals surface area contributed by atoms with Crippen LogP contribution in [0.2, 0.25) is 0 Å². The Kier molecular flexibility index (Phi) is 5.41. The predicted octanol–water partition coefficient (Wildman–Crippen LogP) is 3.80. The van der Waals surface area contributed by atoms with Gasteiger partial charge in [-0.3, -0.25) is 4.68 Å². The first kappa shape index (κ1) is 18.7. The normalized spacial score (nSPS) is 17.0. The molecule has 28 heavy (non-hydrogen) atoms. The van der Waals surface area contributed by atoms with Crippen molar-refractivity contribution in [1.82, 2.24) is 9.78 Å². The van der Waals surface area contributed by atoms with Crippen LogP contribution in [0.15, 0.2) is 54.7 Å². The average molecular weight is 380 g/mol. The standard InChI is InChI=1S/C22H24N2O4/c25-21(15-7-2-1-3-8-15)19(28-17-10-4-5-11-17)14-24-13-16-9-6-12-18(22(26)27)20(16)23-24/h1-3,6-9,12-13,17,19,21,25H,4-5,10-11,14H2,(H,26,27)/t19-,21-/m0/s1. The number of hydrogen-bond acceptors (Lipinski definition) is 4. The highest BCUT2D eigenvalue weighted by atomic mass is 16.5. The number of fused-ring (bicyclic) bond motifs is 1. The maximum Gasteiger partial charge on any atom is 0.337 e. The first-order chi connectivity index (χ1) is 13.6. The maximum absolute atomic E-state index is 11.5. The molecular formula is C22H24N2O4. The molecule has 6 nitrogen and oxygen atoms in total. The molecule has 0 spiro atoms. The Bertz CT molecular complexity index is 948. The van der Waals surface area contributed by atoms with Gasteiger partial charge in [-0.25, -0.2) is 4.79 Å². The Morgan fingerprint density at radius 3 is 2.61 bits per heavy atom. The van der Waals surface area contributed by atoms with E-state index < -0.39 is 18.2 Å². The molecule has 6 heteroatoms. The van der Waals surface area contributed by atoms with Crippen molar-refractivity contribution in [3.05, 3.63) is 65.9 Å². The molecule has 0 aliphatic heterocycles. The van der Waals surface area contributed by atoms with Crippen LogP contribution in [-0.2, 0) is 11.3 Å². The molecule has 0 amide bonds. The van der Waals surface area contributed by atoms with E-state index in [0.29, 0.717) is 12.1 Å². The lowest BCUT2D eigenvalue weighted by molar-refractivity contribution is -0.0844. The maximum atomic E-state index is 11.5. The number of aromatic carboxylic acids is 1. The number of carboxylic acid groups (broad SMARTS) is 1. The van der Waals surface area contributed by atoms with Crippen LogP contribution in [0.25, 0.3) is 10.9 Å². The molecule has 1 heterocycles. The quantitative estimate of drug-likeness (QED) is 0.651. The minimum Gasteiger partial charge on any atom is -0.478 e. The Labute approximate surface area is 163 Å². The highest BCUT2D eigenvalue weighted by Gasteiger charge is 2.28. The van der Waals surface area contributed by atoms with E-state index in [2.05, 4.69) is 5.10 Å². The fraction of sp³-hybridized carbons (Fsp3) is 0.364. The monoisotopic (exact) mass is 380 g/mol. The molecule has 1 aliphatic rings. The molecule has 1 saturated carbocycles. The second-order valence-electron chi connectivity index (χ2n) is 7.34. The average Bonchev–Trinajstić information content (AvgIpc) is 3.36. The van der Waals surface area contributed by atoms with Gasteiger partial charge in [0.1, 0.15) is 17.7 Å².